The number of nitrogens with zero attached hydrogens (tertiary/aromatic N) is 4. The van der Waals surface area contributed by atoms with Crippen molar-refractivity contribution in [1.82, 2.24) is 30.2 Å². The van der Waals surface area contributed by atoms with Gasteiger partial charge in [-0.05, 0) is 43.5 Å². The fourth-order valence-corrected chi connectivity index (χ4v) is 3.66. The highest BCUT2D eigenvalue weighted by Crippen LogP contribution is 2.35. The van der Waals surface area contributed by atoms with Crippen LogP contribution in [0.5, 0.6) is 11.5 Å². The Bertz CT molecular complexity index is 1330. The highest BCUT2D eigenvalue weighted by molar-refractivity contribution is 6.14. The molecule has 0 bridgehead atoms. The third-order valence-electron chi connectivity index (χ3n) is 5.57. The monoisotopic (exact) mass is 448 g/mol. The molecule has 4 N–H and O–H groups in total. The van der Waals surface area contributed by atoms with E-state index in [0.717, 1.165) is 24.2 Å². The molecule has 12 nitrogen and oxygen atoms in total. The normalized spacial score (nSPS) is 19.0. The molecule has 3 amide bonds. The Morgan fingerprint density at radius 3 is 2.82 bits per heavy atom. The SMILES string of the molecule is CC(Nc1nc(NC2CC2)n2ncc(/C=C3\NC(=O)NC3=O)c2n1)c1ccc2c(c1)OCO2. The molecule has 33 heavy (non-hydrogen) atoms. The summed E-state index contributed by atoms with van der Waals surface area (Å²) >= 11 is 0. The number of amides is 3. The van der Waals surface area contributed by atoms with Gasteiger partial charge in [-0.1, -0.05) is 6.07 Å². The van der Waals surface area contributed by atoms with Gasteiger partial charge in [-0.25, -0.2) is 4.79 Å². The number of anilines is 2. The number of hydrogen-bond acceptors (Lipinski definition) is 9. The van der Waals surface area contributed by atoms with E-state index in [2.05, 4.69) is 36.3 Å². The van der Waals surface area contributed by atoms with E-state index in [1.54, 1.807) is 16.8 Å². The van der Waals surface area contributed by atoms with Crippen molar-refractivity contribution < 1.29 is 19.1 Å². The number of carbonyl (C=O) groups excluding carboxylic acids is 2. The van der Waals surface area contributed by atoms with Crippen LogP contribution in [0.25, 0.3) is 11.7 Å². The second-order valence-corrected chi connectivity index (χ2v) is 8.07. The summed E-state index contributed by atoms with van der Waals surface area (Å²) in [6, 6.07) is 5.42. The maximum Gasteiger partial charge on any atom is 0.326 e. The van der Waals surface area contributed by atoms with Crippen molar-refractivity contribution in [2.45, 2.75) is 31.8 Å². The minimum absolute atomic E-state index is 0.125. The van der Waals surface area contributed by atoms with Crippen LogP contribution in [-0.4, -0.2) is 44.4 Å². The van der Waals surface area contributed by atoms with Crippen LogP contribution < -0.4 is 30.7 Å². The van der Waals surface area contributed by atoms with Crippen LogP contribution in [-0.2, 0) is 4.79 Å². The summed E-state index contributed by atoms with van der Waals surface area (Å²) in [6.07, 6.45) is 5.25. The third-order valence-corrected chi connectivity index (χ3v) is 5.57. The van der Waals surface area contributed by atoms with E-state index >= 15 is 0 Å². The molecule has 4 heterocycles. The average molecular weight is 448 g/mol. The number of nitrogens with one attached hydrogen (secondary N) is 4. The first kappa shape index (κ1) is 19.3. The summed E-state index contributed by atoms with van der Waals surface area (Å²) in [7, 11) is 0. The van der Waals surface area contributed by atoms with E-state index in [1.807, 2.05) is 25.1 Å². The van der Waals surface area contributed by atoms with Crippen molar-refractivity contribution in [2.24, 2.45) is 0 Å². The molecule has 1 saturated carbocycles. The Hall–Kier alpha value is -4.35. The van der Waals surface area contributed by atoms with E-state index in [9.17, 15) is 9.59 Å². The Kier molecular flexibility index (Phi) is 4.31. The van der Waals surface area contributed by atoms with Gasteiger partial charge in [0.15, 0.2) is 17.1 Å². The summed E-state index contributed by atoms with van der Waals surface area (Å²) in [4.78, 5) is 32.7. The van der Waals surface area contributed by atoms with Crippen molar-refractivity contribution in [3.8, 4) is 11.5 Å². The number of imide groups is 1. The zero-order valence-corrected chi connectivity index (χ0v) is 17.6. The molecule has 1 atom stereocenters. The minimum atomic E-state index is -0.562. The second-order valence-electron chi connectivity index (χ2n) is 8.07. The van der Waals surface area contributed by atoms with E-state index in [1.165, 1.54) is 0 Å². The second kappa shape index (κ2) is 7.36. The van der Waals surface area contributed by atoms with Gasteiger partial charge >= 0.3 is 6.03 Å². The van der Waals surface area contributed by atoms with Crippen molar-refractivity contribution in [3.63, 3.8) is 0 Å². The van der Waals surface area contributed by atoms with Crippen molar-refractivity contribution >= 4 is 35.6 Å². The van der Waals surface area contributed by atoms with Gasteiger partial charge in [0.2, 0.25) is 18.7 Å². The fraction of sp³-hybridized carbons (Fsp3) is 0.286. The minimum Gasteiger partial charge on any atom is -0.454 e. The first-order chi connectivity index (χ1) is 16.0. The first-order valence-corrected chi connectivity index (χ1v) is 10.6. The van der Waals surface area contributed by atoms with E-state index in [4.69, 9.17) is 9.47 Å². The third kappa shape index (κ3) is 3.64. The molecule has 168 valence electrons. The van der Waals surface area contributed by atoms with Crippen LogP contribution >= 0.6 is 0 Å². The van der Waals surface area contributed by atoms with Gasteiger partial charge in [-0.3, -0.25) is 10.1 Å². The van der Waals surface area contributed by atoms with Gasteiger partial charge in [-0.2, -0.15) is 19.6 Å². The van der Waals surface area contributed by atoms with Crippen LogP contribution in [0.15, 0.2) is 30.1 Å². The number of carbonyl (C=O) groups is 2. The van der Waals surface area contributed by atoms with Gasteiger partial charge in [0.1, 0.15) is 5.70 Å². The summed E-state index contributed by atoms with van der Waals surface area (Å²) in [5, 5.41) is 15.8. The molecule has 0 spiro atoms. The molecule has 0 radical (unpaired) electrons. The van der Waals surface area contributed by atoms with Crippen molar-refractivity contribution in [1.29, 1.82) is 0 Å². The Morgan fingerprint density at radius 1 is 1.18 bits per heavy atom. The topological polar surface area (TPSA) is 144 Å². The molecular weight excluding hydrogens is 428 g/mol. The average Bonchev–Trinajstić information content (AvgIpc) is 3.18. The zero-order chi connectivity index (χ0) is 22.5. The largest absolute Gasteiger partial charge is 0.454 e. The van der Waals surface area contributed by atoms with E-state index in [0.29, 0.717) is 34.9 Å². The highest BCUT2D eigenvalue weighted by atomic mass is 16.7. The standard InChI is InChI=1S/C21H20N8O4/c1-10(11-2-5-15-16(7-11)33-9-32-15)23-19-26-17-12(6-14-18(30)27-21(31)25-14)8-22-29(17)20(28-19)24-13-3-4-13/h2,5-8,10,13H,3-4,9H2,1H3,(H2,23,24,26,28)(H2,25,27,30,31)/b14-6-. The summed E-state index contributed by atoms with van der Waals surface area (Å²) in [5.74, 6) is 1.87. The summed E-state index contributed by atoms with van der Waals surface area (Å²) in [5.41, 5.74) is 2.19. The van der Waals surface area contributed by atoms with Crippen LogP contribution in [0.4, 0.5) is 16.7 Å². The lowest BCUT2D eigenvalue weighted by Crippen LogP contribution is -2.22. The van der Waals surface area contributed by atoms with Gasteiger partial charge in [-0.15, -0.1) is 0 Å². The molecular formula is C21H20N8O4. The van der Waals surface area contributed by atoms with Gasteiger partial charge in [0, 0.05) is 11.6 Å². The molecule has 1 saturated heterocycles. The predicted octanol–water partition coefficient (Wildman–Crippen LogP) is 1.78. The van der Waals surface area contributed by atoms with Crippen LogP contribution in [0.3, 0.4) is 0 Å². The number of benzene rings is 1. The van der Waals surface area contributed by atoms with Gasteiger partial charge < -0.3 is 25.4 Å². The quantitative estimate of drug-likeness (QED) is 0.328. The molecule has 1 aliphatic carbocycles. The lowest BCUT2D eigenvalue weighted by molar-refractivity contribution is -0.115. The maximum absolute atomic E-state index is 12.0. The van der Waals surface area contributed by atoms with E-state index in [-0.39, 0.29) is 18.5 Å². The highest BCUT2D eigenvalue weighted by Gasteiger charge is 2.26. The zero-order valence-electron chi connectivity index (χ0n) is 17.6. The molecule has 2 aliphatic heterocycles. The molecule has 1 aromatic carbocycles. The number of fused-ring (bicyclic) bond motifs is 2. The Balaban J connectivity index is 1.35. The molecule has 2 aromatic heterocycles. The number of ether oxygens (including phenoxy) is 2. The Morgan fingerprint density at radius 2 is 2.03 bits per heavy atom. The lowest BCUT2D eigenvalue weighted by atomic mass is 10.1. The number of hydrogen-bond donors (Lipinski definition) is 4. The maximum atomic E-state index is 12.0. The number of rotatable bonds is 6. The molecule has 12 heteroatoms. The molecule has 3 aromatic rings. The number of aromatic nitrogens is 4. The van der Waals surface area contributed by atoms with Gasteiger partial charge in [0.05, 0.1) is 12.2 Å². The first-order valence-electron chi connectivity index (χ1n) is 10.6. The van der Waals surface area contributed by atoms with Crippen LogP contribution in [0.1, 0.15) is 36.9 Å². The van der Waals surface area contributed by atoms with Gasteiger partial charge in [0.25, 0.3) is 5.91 Å². The smallest absolute Gasteiger partial charge is 0.326 e. The molecule has 2 fully saturated rings. The van der Waals surface area contributed by atoms with Crippen LogP contribution in [0, 0.1) is 0 Å². The fourth-order valence-electron chi connectivity index (χ4n) is 3.66. The molecule has 1 unspecified atom stereocenters. The van der Waals surface area contributed by atoms with E-state index < -0.39 is 11.9 Å². The van der Waals surface area contributed by atoms with Crippen molar-refractivity contribution in [2.75, 3.05) is 17.4 Å². The molecule has 3 aliphatic rings. The van der Waals surface area contributed by atoms with Crippen molar-refractivity contribution in [3.05, 3.63) is 41.2 Å². The Labute approximate surface area is 187 Å². The summed E-state index contributed by atoms with van der Waals surface area (Å²) < 4.78 is 12.5. The number of urea groups is 1. The summed E-state index contributed by atoms with van der Waals surface area (Å²) in [6.45, 7) is 2.21. The predicted molar refractivity (Wildman–Crippen MR) is 117 cm³/mol. The van der Waals surface area contributed by atoms with Crippen LogP contribution in [0.2, 0.25) is 0 Å². The lowest BCUT2D eigenvalue weighted by Gasteiger charge is -2.16. The molecule has 6 rings (SSSR count).